The molecule has 6 heteroatoms. The summed E-state index contributed by atoms with van der Waals surface area (Å²) in [6.07, 6.45) is 0. The number of H-pyrrole nitrogens is 1. The maximum absolute atomic E-state index is 11.4. The van der Waals surface area contributed by atoms with Crippen LogP contribution >= 0.6 is 0 Å². The molecule has 16 heavy (non-hydrogen) atoms. The van der Waals surface area contributed by atoms with Crippen LogP contribution < -0.4 is 5.76 Å². The van der Waals surface area contributed by atoms with E-state index in [1.807, 2.05) is 0 Å². The van der Waals surface area contributed by atoms with Crippen LogP contribution in [0.5, 0.6) is 0 Å². The van der Waals surface area contributed by atoms with Gasteiger partial charge in [0.25, 0.3) is 5.78 Å². The lowest BCUT2D eigenvalue weighted by Gasteiger charge is -1.97. The third-order valence-corrected chi connectivity index (χ3v) is 2.05. The van der Waals surface area contributed by atoms with Crippen LogP contribution in [0.3, 0.4) is 0 Å². The van der Waals surface area contributed by atoms with Gasteiger partial charge >= 0.3 is 11.7 Å². The Bertz CT molecular complexity index is 621. The average Bonchev–Trinajstić information content (AvgIpc) is 2.65. The number of carbonyl (C=O) groups excluding carboxylic acids is 2. The Balaban J connectivity index is 2.50. The monoisotopic (exact) mass is 221 g/mol. The van der Waals surface area contributed by atoms with Gasteiger partial charge in [-0.2, -0.15) is 0 Å². The number of Topliss-reactive ketones (excluding diaryl/α,β-unsaturated/α-hetero) is 1. The summed E-state index contributed by atoms with van der Waals surface area (Å²) in [5.41, 5.74) is 0.799. The number of nitrogens with one attached hydrogen (secondary N) is 1. The number of ketones is 1. The average molecular weight is 221 g/mol. The van der Waals surface area contributed by atoms with Crippen molar-refractivity contribution in [1.29, 1.82) is 0 Å². The van der Waals surface area contributed by atoms with E-state index in [0.29, 0.717) is 5.52 Å². The van der Waals surface area contributed by atoms with Crippen molar-refractivity contribution in [2.45, 2.75) is 0 Å². The molecule has 0 bridgehead atoms. The van der Waals surface area contributed by atoms with Gasteiger partial charge < -0.3 is 9.15 Å². The van der Waals surface area contributed by atoms with Crippen LogP contribution in [0.1, 0.15) is 10.4 Å². The van der Waals surface area contributed by atoms with Crippen LogP contribution in [0.15, 0.2) is 27.4 Å². The lowest BCUT2D eigenvalue weighted by atomic mass is 10.1. The van der Waals surface area contributed by atoms with Gasteiger partial charge in [0.15, 0.2) is 5.58 Å². The zero-order valence-electron chi connectivity index (χ0n) is 8.27. The van der Waals surface area contributed by atoms with E-state index in [1.54, 1.807) is 0 Å². The zero-order valence-corrected chi connectivity index (χ0v) is 8.27. The highest BCUT2D eigenvalue weighted by Gasteiger charge is 2.17. The van der Waals surface area contributed by atoms with Gasteiger partial charge in [-0.1, -0.05) is 0 Å². The van der Waals surface area contributed by atoms with Crippen LogP contribution in [-0.4, -0.2) is 23.8 Å². The Morgan fingerprint density at radius 1 is 1.38 bits per heavy atom. The minimum atomic E-state index is -0.961. The number of esters is 1. The topological polar surface area (TPSA) is 89.4 Å². The number of fused-ring (bicyclic) bond motifs is 1. The van der Waals surface area contributed by atoms with E-state index in [1.165, 1.54) is 18.2 Å². The lowest BCUT2D eigenvalue weighted by molar-refractivity contribution is -0.135. The Kier molecular flexibility index (Phi) is 2.32. The fraction of sp³-hybridized carbons (Fsp3) is 0.100. The molecule has 0 unspecified atom stereocenters. The minimum Gasteiger partial charge on any atom is -0.463 e. The Morgan fingerprint density at radius 2 is 2.12 bits per heavy atom. The molecule has 2 aromatic rings. The molecule has 0 amide bonds. The minimum absolute atomic E-state index is 0.113. The highest BCUT2D eigenvalue weighted by atomic mass is 16.5. The summed E-state index contributed by atoms with van der Waals surface area (Å²) in [5.74, 6) is -2.36. The molecule has 0 saturated carbocycles. The van der Waals surface area contributed by atoms with E-state index in [-0.39, 0.29) is 11.1 Å². The summed E-state index contributed by atoms with van der Waals surface area (Å²) in [6, 6.07) is 4.20. The number of aromatic nitrogens is 1. The first-order valence-electron chi connectivity index (χ1n) is 4.37. The molecule has 0 radical (unpaired) electrons. The molecule has 1 N–H and O–H groups in total. The lowest BCUT2D eigenvalue weighted by Crippen LogP contribution is -2.15. The molecule has 1 heterocycles. The molecule has 0 atom stereocenters. The second kappa shape index (κ2) is 3.65. The normalized spacial score (nSPS) is 10.3. The van der Waals surface area contributed by atoms with Crippen molar-refractivity contribution < 1.29 is 18.7 Å². The molecule has 2 rings (SSSR count). The summed E-state index contributed by atoms with van der Waals surface area (Å²) in [5, 5.41) is 0. The molecule has 0 aliphatic rings. The predicted molar refractivity (Wildman–Crippen MR) is 53.2 cm³/mol. The van der Waals surface area contributed by atoms with E-state index in [0.717, 1.165) is 7.11 Å². The van der Waals surface area contributed by atoms with Crippen molar-refractivity contribution in [1.82, 2.24) is 4.98 Å². The predicted octanol–water partition coefficient (Wildman–Crippen LogP) is 0.477. The smallest absolute Gasteiger partial charge is 0.417 e. The van der Waals surface area contributed by atoms with Crippen LogP contribution in [0, 0.1) is 0 Å². The second-order valence-electron chi connectivity index (χ2n) is 3.05. The summed E-state index contributed by atoms with van der Waals surface area (Å²) in [6.45, 7) is 0. The fourth-order valence-electron chi connectivity index (χ4n) is 1.30. The summed E-state index contributed by atoms with van der Waals surface area (Å²) >= 11 is 0. The van der Waals surface area contributed by atoms with E-state index < -0.39 is 17.5 Å². The number of hydrogen-bond acceptors (Lipinski definition) is 5. The number of rotatable bonds is 2. The summed E-state index contributed by atoms with van der Waals surface area (Å²) < 4.78 is 9.05. The Labute approximate surface area is 88.8 Å². The van der Waals surface area contributed by atoms with E-state index in [2.05, 4.69) is 9.72 Å². The van der Waals surface area contributed by atoms with Crippen LogP contribution in [0.2, 0.25) is 0 Å². The first kappa shape index (κ1) is 10.2. The number of ether oxygens (including phenoxy) is 1. The first-order chi connectivity index (χ1) is 7.61. The second-order valence-corrected chi connectivity index (χ2v) is 3.05. The maximum Gasteiger partial charge on any atom is 0.417 e. The number of methoxy groups -OCH3 is 1. The van der Waals surface area contributed by atoms with Gasteiger partial charge in [0.2, 0.25) is 0 Å². The van der Waals surface area contributed by atoms with Gasteiger partial charge in [-0.3, -0.25) is 9.78 Å². The SMILES string of the molecule is COC(=O)C(=O)c1ccc2[nH]c(=O)oc2c1. The van der Waals surface area contributed by atoms with Gasteiger partial charge in [-0.15, -0.1) is 0 Å². The molecular weight excluding hydrogens is 214 g/mol. The fourth-order valence-corrected chi connectivity index (χ4v) is 1.30. The molecule has 1 aromatic carbocycles. The van der Waals surface area contributed by atoms with Crippen molar-refractivity contribution in [2.75, 3.05) is 7.11 Å². The largest absolute Gasteiger partial charge is 0.463 e. The molecule has 0 aliphatic carbocycles. The molecule has 0 spiro atoms. The van der Waals surface area contributed by atoms with E-state index in [4.69, 9.17) is 4.42 Å². The number of oxazole rings is 1. The Hall–Kier alpha value is -2.37. The zero-order chi connectivity index (χ0) is 11.7. The van der Waals surface area contributed by atoms with Gasteiger partial charge in [0, 0.05) is 5.56 Å². The van der Waals surface area contributed by atoms with Gasteiger partial charge in [0.05, 0.1) is 12.6 Å². The van der Waals surface area contributed by atoms with Crippen molar-refractivity contribution in [3.05, 3.63) is 34.3 Å². The van der Waals surface area contributed by atoms with E-state index >= 15 is 0 Å². The third kappa shape index (κ3) is 1.60. The molecule has 0 saturated heterocycles. The van der Waals surface area contributed by atoms with E-state index in [9.17, 15) is 14.4 Å². The standard InChI is InChI=1S/C10H7NO5/c1-15-9(13)8(12)5-2-3-6-7(4-5)16-10(14)11-6/h2-4H,1H3,(H,11,14). The third-order valence-electron chi connectivity index (χ3n) is 2.05. The van der Waals surface area contributed by atoms with Crippen molar-refractivity contribution in [3.63, 3.8) is 0 Å². The summed E-state index contributed by atoms with van der Waals surface area (Å²) in [7, 11) is 1.12. The van der Waals surface area contributed by atoms with Crippen LogP contribution in [0.25, 0.3) is 11.1 Å². The number of carbonyl (C=O) groups is 2. The van der Waals surface area contributed by atoms with Gasteiger partial charge in [-0.25, -0.2) is 9.59 Å². The van der Waals surface area contributed by atoms with Gasteiger partial charge in [-0.05, 0) is 18.2 Å². The molecule has 6 nitrogen and oxygen atoms in total. The van der Waals surface area contributed by atoms with Crippen molar-refractivity contribution in [2.24, 2.45) is 0 Å². The van der Waals surface area contributed by atoms with Crippen molar-refractivity contribution in [3.8, 4) is 0 Å². The van der Waals surface area contributed by atoms with Crippen LogP contribution in [-0.2, 0) is 9.53 Å². The maximum atomic E-state index is 11.4. The van der Waals surface area contributed by atoms with Gasteiger partial charge in [0.1, 0.15) is 0 Å². The first-order valence-corrected chi connectivity index (χ1v) is 4.37. The number of aromatic amines is 1. The molecule has 0 fully saturated rings. The molecular formula is C10H7NO5. The summed E-state index contributed by atoms with van der Waals surface area (Å²) in [4.78, 5) is 35.7. The number of hydrogen-bond donors (Lipinski definition) is 1. The molecule has 0 aliphatic heterocycles. The molecule has 82 valence electrons. The number of benzene rings is 1. The molecule has 1 aromatic heterocycles. The highest BCUT2D eigenvalue weighted by molar-refractivity contribution is 6.40. The quantitative estimate of drug-likeness (QED) is 0.452. The Morgan fingerprint density at radius 3 is 2.81 bits per heavy atom. The van der Waals surface area contributed by atoms with Crippen LogP contribution in [0.4, 0.5) is 0 Å². The highest BCUT2D eigenvalue weighted by Crippen LogP contribution is 2.13. The van der Waals surface area contributed by atoms with Crippen molar-refractivity contribution >= 4 is 22.9 Å².